The third-order valence-corrected chi connectivity index (χ3v) is 2.73. The van der Waals surface area contributed by atoms with Crippen LogP contribution in [-0.2, 0) is 13.6 Å². The predicted molar refractivity (Wildman–Crippen MR) is 63.8 cm³/mol. The van der Waals surface area contributed by atoms with Crippen LogP contribution in [0.4, 0.5) is 18.9 Å². The van der Waals surface area contributed by atoms with Gasteiger partial charge in [-0.1, -0.05) is 0 Å². The number of carboxylic acids is 1. The molecule has 5 nitrogen and oxygen atoms in total. The standard InChI is InChI=1S/C12H10F3N3O2/c1-18-10(7(4-17-18)12(19)20)5-16-11-8(14)2-6(13)3-9(11)15/h2-4,16H,5H2,1H3,(H,19,20). The van der Waals surface area contributed by atoms with Crippen LogP contribution in [0.5, 0.6) is 0 Å². The summed E-state index contributed by atoms with van der Waals surface area (Å²) in [6.45, 7) is -0.169. The summed E-state index contributed by atoms with van der Waals surface area (Å²) in [5, 5.41) is 15.1. The van der Waals surface area contributed by atoms with Crippen molar-refractivity contribution in [2.45, 2.75) is 6.54 Å². The Labute approximate surface area is 111 Å². The van der Waals surface area contributed by atoms with E-state index in [0.717, 1.165) is 6.20 Å². The third-order valence-electron chi connectivity index (χ3n) is 2.73. The largest absolute Gasteiger partial charge is 0.478 e. The Morgan fingerprint density at radius 1 is 1.35 bits per heavy atom. The van der Waals surface area contributed by atoms with Gasteiger partial charge in [0.1, 0.15) is 17.1 Å². The van der Waals surface area contributed by atoms with Gasteiger partial charge in [0.25, 0.3) is 0 Å². The second-order valence-electron chi connectivity index (χ2n) is 4.03. The first kappa shape index (κ1) is 13.9. The molecular weight excluding hydrogens is 275 g/mol. The lowest BCUT2D eigenvalue weighted by Gasteiger charge is -2.10. The van der Waals surface area contributed by atoms with Gasteiger partial charge in [-0.05, 0) is 0 Å². The molecule has 1 aromatic heterocycles. The van der Waals surface area contributed by atoms with E-state index in [2.05, 4.69) is 10.4 Å². The number of hydrogen-bond donors (Lipinski definition) is 2. The van der Waals surface area contributed by atoms with Crippen LogP contribution >= 0.6 is 0 Å². The first-order valence-corrected chi connectivity index (χ1v) is 5.52. The molecule has 20 heavy (non-hydrogen) atoms. The van der Waals surface area contributed by atoms with Gasteiger partial charge in [0.15, 0.2) is 11.6 Å². The SMILES string of the molecule is Cn1ncc(C(=O)O)c1CNc1c(F)cc(F)cc1F. The molecule has 2 aromatic rings. The molecule has 0 amide bonds. The Hall–Kier alpha value is -2.51. The number of benzene rings is 1. The van der Waals surface area contributed by atoms with E-state index >= 15 is 0 Å². The van der Waals surface area contributed by atoms with Crippen LogP contribution in [0.1, 0.15) is 16.1 Å². The molecule has 0 fully saturated rings. The molecule has 0 spiro atoms. The van der Waals surface area contributed by atoms with Crippen molar-refractivity contribution in [3.63, 3.8) is 0 Å². The number of aryl methyl sites for hydroxylation is 1. The van der Waals surface area contributed by atoms with Gasteiger partial charge in [-0.15, -0.1) is 0 Å². The molecule has 0 atom stereocenters. The topological polar surface area (TPSA) is 67.2 Å². The Balaban J connectivity index is 2.26. The molecule has 0 aliphatic rings. The number of hydrogen-bond acceptors (Lipinski definition) is 3. The summed E-state index contributed by atoms with van der Waals surface area (Å²) >= 11 is 0. The number of halogens is 3. The van der Waals surface area contributed by atoms with Gasteiger partial charge < -0.3 is 10.4 Å². The van der Waals surface area contributed by atoms with Crippen molar-refractivity contribution in [2.24, 2.45) is 7.05 Å². The van der Waals surface area contributed by atoms with Crippen LogP contribution < -0.4 is 5.32 Å². The van der Waals surface area contributed by atoms with Crippen molar-refractivity contribution in [1.82, 2.24) is 9.78 Å². The Kier molecular flexibility index (Phi) is 3.64. The van der Waals surface area contributed by atoms with Gasteiger partial charge in [-0.2, -0.15) is 5.10 Å². The number of carboxylic acid groups (broad SMARTS) is 1. The Morgan fingerprint density at radius 3 is 2.50 bits per heavy atom. The molecule has 106 valence electrons. The molecule has 0 unspecified atom stereocenters. The van der Waals surface area contributed by atoms with Gasteiger partial charge in [0, 0.05) is 19.2 Å². The average molecular weight is 285 g/mol. The summed E-state index contributed by atoms with van der Waals surface area (Å²) in [7, 11) is 1.50. The number of nitrogens with zero attached hydrogens (tertiary/aromatic N) is 2. The summed E-state index contributed by atoms with van der Waals surface area (Å²) in [5.74, 6) is -4.42. The molecule has 0 aliphatic carbocycles. The van der Waals surface area contributed by atoms with Crippen molar-refractivity contribution in [1.29, 1.82) is 0 Å². The van der Waals surface area contributed by atoms with Crippen molar-refractivity contribution < 1.29 is 23.1 Å². The van der Waals surface area contributed by atoms with E-state index in [9.17, 15) is 18.0 Å². The summed E-state index contributed by atoms with van der Waals surface area (Å²) in [5.41, 5.74) is -0.368. The van der Waals surface area contributed by atoms with Crippen LogP contribution in [0.2, 0.25) is 0 Å². The number of nitrogens with one attached hydrogen (secondary N) is 1. The summed E-state index contributed by atoms with van der Waals surface area (Å²) in [6.07, 6.45) is 1.14. The molecule has 0 radical (unpaired) electrons. The average Bonchev–Trinajstić information content (AvgIpc) is 2.69. The first-order chi connectivity index (χ1) is 9.40. The van der Waals surface area contributed by atoms with Crippen molar-refractivity contribution in [3.8, 4) is 0 Å². The highest BCUT2D eigenvalue weighted by Gasteiger charge is 2.17. The zero-order valence-corrected chi connectivity index (χ0v) is 10.3. The zero-order chi connectivity index (χ0) is 14.9. The van der Waals surface area contributed by atoms with E-state index in [4.69, 9.17) is 5.11 Å². The van der Waals surface area contributed by atoms with Crippen LogP contribution in [-0.4, -0.2) is 20.9 Å². The van der Waals surface area contributed by atoms with E-state index in [1.165, 1.54) is 11.7 Å². The van der Waals surface area contributed by atoms with E-state index in [1.807, 2.05) is 0 Å². The normalized spacial score (nSPS) is 10.6. The molecule has 8 heteroatoms. The lowest BCUT2D eigenvalue weighted by Crippen LogP contribution is -2.12. The van der Waals surface area contributed by atoms with Crippen molar-refractivity contribution in [2.75, 3.05) is 5.32 Å². The van der Waals surface area contributed by atoms with Crippen LogP contribution in [0.15, 0.2) is 18.3 Å². The highest BCUT2D eigenvalue weighted by molar-refractivity contribution is 5.88. The molecule has 0 aliphatic heterocycles. The molecular formula is C12H10F3N3O2. The molecule has 2 rings (SSSR count). The minimum Gasteiger partial charge on any atom is -0.478 e. The van der Waals surface area contributed by atoms with E-state index in [0.29, 0.717) is 12.1 Å². The molecule has 2 N–H and O–H groups in total. The van der Waals surface area contributed by atoms with Gasteiger partial charge in [-0.25, -0.2) is 18.0 Å². The lowest BCUT2D eigenvalue weighted by atomic mass is 10.2. The maximum atomic E-state index is 13.4. The zero-order valence-electron chi connectivity index (χ0n) is 10.3. The van der Waals surface area contributed by atoms with Gasteiger partial charge in [0.05, 0.1) is 18.4 Å². The molecule has 1 heterocycles. The number of rotatable bonds is 4. The second-order valence-corrected chi connectivity index (χ2v) is 4.03. The van der Waals surface area contributed by atoms with Crippen molar-refractivity contribution in [3.05, 3.63) is 47.0 Å². The highest BCUT2D eigenvalue weighted by Crippen LogP contribution is 2.21. The predicted octanol–water partition coefficient (Wildman–Crippen LogP) is 2.15. The van der Waals surface area contributed by atoms with Crippen LogP contribution in [0.25, 0.3) is 0 Å². The molecule has 1 aromatic carbocycles. The second kappa shape index (κ2) is 5.24. The minimum atomic E-state index is -1.20. The molecule has 0 bridgehead atoms. The van der Waals surface area contributed by atoms with E-state index in [1.54, 1.807) is 0 Å². The third kappa shape index (κ3) is 2.58. The summed E-state index contributed by atoms with van der Waals surface area (Å²) in [4.78, 5) is 10.9. The van der Waals surface area contributed by atoms with Crippen molar-refractivity contribution >= 4 is 11.7 Å². The maximum absolute atomic E-state index is 13.4. The monoisotopic (exact) mass is 285 g/mol. The Bertz CT molecular complexity index is 647. The molecule has 0 saturated heterocycles. The van der Waals surface area contributed by atoms with E-state index < -0.39 is 29.1 Å². The Morgan fingerprint density at radius 2 is 1.95 bits per heavy atom. The van der Waals surface area contributed by atoms with Crippen LogP contribution in [0, 0.1) is 17.5 Å². The van der Waals surface area contributed by atoms with Crippen LogP contribution in [0.3, 0.4) is 0 Å². The first-order valence-electron chi connectivity index (χ1n) is 5.52. The fraction of sp³-hybridized carbons (Fsp3) is 0.167. The highest BCUT2D eigenvalue weighted by atomic mass is 19.1. The van der Waals surface area contributed by atoms with Gasteiger partial charge >= 0.3 is 5.97 Å². The van der Waals surface area contributed by atoms with Gasteiger partial charge in [-0.3, -0.25) is 4.68 Å². The minimum absolute atomic E-state index is 0.0806. The number of aromatic nitrogens is 2. The number of carbonyl (C=O) groups is 1. The number of anilines is 1. The summed E-state index contributed by atoms with van der Waals surface area (Å²) < 4.78 is 40.9. The fourth-order valence-corrected chi connectivity index (χ4v) is 1.73. The number of aromatic carboxylic acids is 1. The smallest absolute Gasteiger partial charge is 0.339 e. The lowest BCUT2D eigenvalue weighted by molar-refractivity contribution is 0.0695. The van der Waals surface area contributed by atoms with Gasteiger partial charge in [0.2, 0.25) is 0 Å². The fourth-order valence-electron chi connectivity index (χ4n) is 1.73. The maximum Gasteiger partial charge on any atom is 0.339 e. The quantitative estimate of drug-likeness (QED) is 0.903. The molecule has 0 saturated carbocycles. The van der Waals surface area contributed by atoms with E-state index in [-0.39, 0.29) is 17.8 Å². The summed E-state index contributed by atoms with van der Waals surface area (Å²) in [6, 6.07) is 1.07.